The average Bonchev–Trinajstić information content (AvgIpc) is 1.88. The van der Waals surface area contributed by atoms with Crippen LogP contribution >= 0.6 is 0 Å². The highest BCUT2D eigenvalue weighted by Gasteiger charge is 2.25. The van der Waals surface area contributed by atoms with Crippen LogP contribution in [0.1, 0.15) is 6.42 Å². The SMILES string of the molecule is CN(C)C1CNCCC1F. The largest absolute Gasteiger partial charge is 0.315 e. The zero-order valence-corrected chi connectivity index (χ0v) is 6.60. The van der Waals surface area contributed by atoms with Gasteiger partial charge >= 0.3 is 0 Å². The summed E-state index contributed by atoms with van der Waals surface area (Å²) in [6, 6.07) is 0.0775. The maximum absolute atomic E-state index is 13.0. The Hall–Kier alpha value is -0.150. The Bertz CT molecular complexity index is 106. The smallest absolute Gasteiger partial charge is 0.118 e. The molecule has 1 fully saturated rings. The zero-order chi connectivity index (χ0) is 7.56. The number of rotatable bonds is 1. The van der Waals surface area contributed by atoms with E-state index in [1.807, 2.05) is 19.0 Å². The lowest BCUT2D eigenvalue weighted by atomic mass is 10.1. The van der Waals surface area contributed by atoms with Crippen LogP contribution in [0.15, 0.2) is 0 Å². The molecule has 0 aliphatic carbocycles. The Morgan fingerprint density at radius 1 is 1.50 bits per heavy atom. The predicted octanol–water partition coefficient (Wildman–Crippen LogP) is 0.248. The minimum Gasteiger partial charge on any atom is -0.315 e. The van der Waals surface area contributed by atoms with Crippen molar-refractivity contribution < 1.29 is 4.39 Å². The Labute approximate surface area is 61.4 Å². The number of piperidine rings is 1. The van der Waals surface area contributed by atoms with Crippen LogP contribution in [0.3, 0.4) is 0 Å². The number of nitrogens with zero attached hydrogens (tertiary/aromatic N) is 1. The van der Waals surface area contributed by atoms with Crippen molar-refractivity contribution in [2.24, 2.45) is 0 Å². The third kappa shape index (κ3) is 1.67. The molecule has 0 amide bonds. The quantitative estimate of drug-likeness (QED) is 0.570. The minimum atomic E-state index is -0.642. The van der Waals surface area contributed by atoms with Crippen LogP contribution in [-0.2, 0) is 0 Å². The molecule has 2 nitrogen and oxygen atoms in total. The number of halogens is 1. The summed E-state index contributed by atoms with van der Waals surface area (Å²) in [5.74, 6) is 0. The molecule has 2 atom stereocenters. The fourth-order valence-corrected chi connectivity index (χ4v) is 1.32. The molecule has 1 N–H and O–H groups in total. The van der Waals surface area contributed by atoms with Crippen molar-refractivity contribution in [2.75, 3.05) is 27.2 Å². The van der Waals surface area contributed by atoms with Gasteiger partial charge in [0.25, 0.3) is 0 Å². The highest BCUT2D eigenvalue weighted by Crippen LogP contribution is 2.11. The van der Waals surface area contributed by atoms with Gasteiger partial charge in [0.15, 0.2) is 0 Å². The monoisotopic (exact) mass is 146 g/mol. The second kappa shape index (κ2) is 3.30. The van der Waals surface area contributed by atoms with E-state index in [-0.39, 0.29) is 6.04 Å². The lowest BCUT2D eigenvalue weighted by molar-refractivity contribution is 0.125. The maximum Gasteiger partial charge on any atom is 0.118 e. The average molecular weight is 146 g/mol. The van der Waals surface area contributed by atoms with Crippen molar-refractivity contribution in [2.45, 2.75) is 18.6 Å². The molecule has 1 aliphatic heterocycles. The third-order valence-electron chi connectivity index (χ3n) is 2.03. The molecule has 1 saturated heterocycles. The van der Waals surface area contributed by atoms with Gasteiger partial charge in [0, 0.05) is 6.54 Å². The van der Waals surface area contributed by atoms with Crippen LogP contribution in [0.2, 0.25) is 0 Å². The lowest BCUT2D eigenvalue weighted by Crippen LogP contribution is -2.49. The number of alkyl halides is 1. The van der Waals surface area contributed by atoms with Gasteiger partial charge in [-0.3, -0.25) is 0 Å². The molecule has 0 aromatic heterocycles. The summed E-state index contributed by atoms with van der Waals surface area (Å²) in [6.07, 6.45) is 0.0132. The number of hydrogen-bond donors (Lipinski definition) is 1. The van der Waals surface area contributed by atoms with E-state index in [0.29, 0.717) is 6.42 Å². The van der Waals surface area contributed by atoms with E-state index in [0.717, 1.165) is 13.1 Å². The van der Waals surface area contributed by atoms with Crippen molar-refractivity contribution in [1.29, 1.82) is 0 Å². The summed E-state index contributed by atoms with van der Waals surface area (Å²) in [5, 5.41) is 3.16. The molecule has 10 heavy (non-hydrogen) atoms. The Morgan fingerprint density at radius 2 is 2.20 bits per heavy atom. The molecule has 0 aromatic carbocycles. The highest BCUT2D eigenvalue weighted by atomic mass is 19.1. The first-order chi connectivity index (χ1) is 4.72. The first-order valence-corrected chi connectivity index (χ1v) is 3.73. The van der Waals surface area contributed by atoms with Crippen molar-refractivity contribution in [3.63, 3.8) is 0 Å². The van der Waals surface area contributed by atoms with Gasteiger partial charge in [-0.05, 0) is 27.1 Å². The van der Waals surface area contributed by atoms with Crippen molar-refractivity contribution in [3.05, 3.63) is 0 Å². The molecule has 1 rings (SSSR count). The Kier molecular flexibility index (Phi) is 2.63. The van der Waals surface area contributed by atoms with E-state index in [2.05, 4.69) is 5.32 Å². The molecule has 0 spiro atoms. The van der Waals surface area contributed by atoms with Crippen LogP contribution < -0.4 is 5.32 Å². The van der Waals surface area contributed by atoms with Crippen LogP contribution in [0, 0.1) is 0 Å². The maximum atomic E-state index is 13.0. The summed E-state index contributed by atoms with van der Waals surface area (Å²) in [6.45, 7) is 1.61. The van der Waals surface area contributed by atoms with E-state index < -0.39 is 6.17 Å². The minimum absolute atomic E-state index is 0.0775. The summed E-state index contributed by atoms with van der Waals surface area (Å²) in [4.78, 5) is 1.94. The highest BCUT2D eigenvalue weighted by molar-refractivity contribution is 4.82. The van der Waals surface area contributed by atoms with E-state index >= 15 is 0 Å². The van der Waals surface area contributed by atoms with Gasteiger partial charge in [0.05, 0.1) is 6.04 Å². The fourth-order valence-electron chi connectivity index (χ4n) is 1.32. The first kappa shape index (κ1) is 7.95. The molecular formula is C7H15FN2. The topological polar surface area (TPSA) is 15.3 Å². The molecule has 0 aromatic rings. The second-order valence-corrected chi connectivity index (χ2v) is 3.04. The van der Waals surface area contributed by atoms with Gasteiger partial charge in [-0.1, -0.05) is 0 Å². The molecule has 0 bridgehead atoms. The molecule has 1 aliphatic rings. The second-order valence-electron chi connectivity index (χ2n) is 3.04. The van der Waals surface area contributed by atoms with Gasteiger partial charge in [-0.2, -0.15) is 0 Å². The standard InChI is InChI=1S/C7H15FN2/c1-10(2)7-5-9-4-3-6(7)8/h6-7,9H,3-5H2,1-2H3. The normalized spacial score (nSPS) is 34.8. The summed E-state index contributed by atoms with van der Waals surface area (Å²) < 4.78 is 13.0. The molecule has 60 valence electrons. The zero-order valence-electron chi connectivity index (χ0n) is 6.60. The fraction of sp³-hybridized carbons (Fsp3) is 1.00. The lowest BCUT2D eigenvalue weighted by Gasteiger charge is -2.31. The van der Waals surface area contributed by atoms with Crippen LogP contribution in [0.5, 0.6) is 0 Å². The predicted molar refractivity (Wildman–Crippen MR) is 39.9 cm³/mol. The summed E-state index contributed by atoms with van der Waals surface area (Å²) >= 11 is 0. The summed E-state index contributed by atoms with van der Waals surface area (Å²) in [7, 11) is 3.84. The van der Waals surface area contributed by atoms with Crippen molar-refractivity contribution >= 4 is 0 Å². The molecule has 0 radical (unpaired) electrons. The van der Waals surface area contributed by atoms with E-state index in [9.17, 15) is 4.39 Å². The number of hydrogen-bond acceptors (Lipinski definition) is 2. The van der Waals surface area contributed by atoms with Gasteiger partial charge in [-0.25, -0.2) is 4.39 Å². The van der Waals surface area contributed by atoms with Gasteiger partial charge in [-0.15, -0.1) is 0 Å². The van der Waals surface area contributed by atoms with Crippen molar-refractivity contribution in [3.8, 4) is 0 Å². The Morgan fingerprint density at radius 3 is 2.60 bits per heavy atom. The first-order valence-electron chi connectivity index (χ1n) is 3.73. The molecule has 1 heterocycles. The number of likely N-dealkylation sites (N-methyl/N-ethyl adjacent to an activating group) is 1. The summed E-state index contributed by atoms with van der Waals surface area (Å²) in [5.41, 5.74) is 0. The van der Waals surface area contributed by atoms with Crippen LogP contribution in [0.4, 0.5) is 4.39 Å². The molecule has 2 unspecified atom stereocenters. The van der Waals surface area contributed by atoms with Crippen LogP contribution in [-0.4, -0.2) is 44.3 Å². The third-order valence-corrected chi connectivity index (χ3v) is 2.03. The molecule has 0 saturated carbocycles. The van der Waals surface area contributed by atoms with E-state index in [1.165, 1.54) is 0 Å². The van der Waals surface area contributed by atoms with Crippen molar-refractivity contribution in [1.82, 2.24) is 10.2 Å². The van der Waals surface area contributed by atoms with Gasteiger partial charge in [0.2, 0.25) is 0 Å². The van der Waals surface area contributed by atoms with Gasteiger partial charge < -0.3 is 10.2 Å². The van der Waals surface area contributed by atoms with Crippen LogP contribution in [0.25, 0.3) is 0 Å². The number of nitrogens with one attached hydrogen (secondary N) is 1. The Balaban J connectivity index is 2.40. The molecule has 3 heteroatoms. The van der Waals surface area contributed by atoms with E-state index in [4.69, 9.17) is 0 Å². The molecular weight excluding hydrogens is 131 g/mol. The van der Waals surface area contributed by atoms with Gasteiger partial charge in [0.1, 0.15) is 6.17 Å². The van der Waals surface area contributed by atoms with E-state index in [1.54, 1.807) is 0 Å².